The SMILES string of the molecule is F[C](c1cccc(F)c1F)C(F)F. The van der Waals surface area contributed by atoms with Crippen LogP contribution in [0.5, 0.6) is 0 Å². The van der Waals surface area contributed by atoms with Crippen molar-refractivity contribution in [1.82, 2.24) is 0 Å². The molecule has 0 aromatic heterocycles. The molecule has 0 unspecified atom stereocenters. The molecule has 0 fully saturated rings. The van der Waals surface area contributed by atoms with Crippen molar-refractivity contribution in [2.45, 2.75) is 6.43 Å². The van der Waals surface area contributed by atoms with Crippen molar-refractivity contribution in [2.75, 3.05) is 0 Å². The molecule has 1 rings (SSSR count). The maximum absolute atomic E-state index is 12.6. The molecule has 0 N–H and O–H groups in total. The predicted octanol–water partition coefficient (Wildman–Crippen LogP) is 3.08. The molecule has 71 valence electrons. The summed E-state index contributed by atoms with van der Waals surface area (Å²) in [4.78, 5) is 0. The van der Waals surface area contributed by atoms with Crippen LogP contribution in [0.1, 0.15) is 5.56 Å². The summed E-state index contributed by atoms with van der Waals surface area (Å²) in [5, 5.41) is 0. The third kappa shape index (κ3) is 1.96. The molecule has 0 amide bonds. The first-order valence-electron chi connectivity index (χ1n) is 3.29. The Morgan fingerprint density at radius 2 is 1.77 bits per heavy atom. The topological polar surface area (TPSA) is 0 Å². The molecule has 0 aliphatic carbocycles. The van der Waals surface area contributed by atoms with Crippen LogP contribution < -0.4 is 0 Å². The Morgan fingerprint density at radius 1 is 1.15 bits per heavy atom. The highest BCUT2D eigenvalue weighted by molar-refractivity contribution is 5.30. The van der Waals surface area contributed by atoms with Crippen LogP contribution >= 0.6 is 0 Å². The summed E-state index contributed by atoms with van der Waals surface area (Å²) in [6.45, 7) is 0. The Labute approximate surface area is 71.0 Å². The summed E-state index contributed by atoms with van der Waals surface area (Å²) >= 11 is 0. The second-order valence-corrected chi connectivity index (χ2v) is 2.25. The minimum Gasteiger partial charge on any atom is -0.228 e. The van der Waals surface area contributed by atoms with Gasteiger partial charge in [-0.2, -0.15) is 0 Å². The van der Waals surface area contributed by atoms with Crippen LogP contribution in [0.15, 0.2) is 18.2 Å². The highest BCUT2D eigenvalue weighted by Gasteiger charge is 2.27. The monoisotopic (exact) mass is 195 g/mol. The van der Waals surface area contributed by atoms with E-state index in [1.165, 1.54) is 0 Å². The van der Waals surface area contributed by atoms with E-state index in [1.54, 1.807) is 0 Å². The summed E-state index contributed by atoms with van der Waals surface area (Å²) in [6, 6.07) is 2.42. The highest BCUT2D eigenvalue weighted by Crippen LogP contribution is 2.26. The van der Waals surface area contributed by atoms with Crippen LogP contribution in [-0.4, -0.2) is 6.43 Å². The third-order valence-corrected chi connectivity index (χ3v) is 1.40. The van der Waals surface area contributed by atoms with Gasteiger partial charge in [0.1, 0.15) is 0 Å². The van der Waals surface area contributed by atoms with Gasteiger partial charge in [-0.05, 0) is 6.07 Å². The maximum atomic E-state index is 12.6. The van der Waals surface area contributed by atoms with E-state index in [-0.39, 0.29) is 0 Å². The quantitative estimate of drug-likeness (QED) is 0.636. The first-order valence-corrected chi connectivity index (χ1v) is 3.29. The molecule has 0 aliphatic heterocycles. The van der Waals surface area contributed by atoms with Gasteiger partial charge in [0.2, 0.25) is 6.17 Å². The Kier molecular flexibility index (Phi) is 2.85. The number of rotatable bonds is 2. The highest BCUT2D eigenvalue weighted by atomic mass is 19.3. The second kappa shape index (κ2) is 3.72. The summed E-state index contributed by atoms with van der Waals surface area (Å²) < 4.78 is 61.0. The summed E-state index contributed by atoms with van der Waals surface area (Å²) in [7, 11) is 0. The van der Waals surface area contributed by atoms with Crippen molar-refractivity contribution in [2.24, 2.45) is 0 Å². The molecule has 1 aromatic carbocycles. The molecule has 0 saturated heterocycles. The largest absolute Gasteiger partial charge is 0.280 e. The zero-order valence-electron chi connectivity index (χ0n) is 6.20. The van der Waals surface area contributed by atoms with Gasteiger partial charge in [-0.3, -0.25) is 0 Å². The summed E-state index contributed by atoms with van der Waals surface area (Å²) in [6.07, 6.45) is -5.40. The van der Waals surface area contributed by atoms with Gasteiger partial charge in [0.15, 0.2) is 11.6 Å². The molecular formula is C8H4F5. The summed E-state index contributed by atoms with van der Waals surface area (Å²) in [5.74, 6) is -2.95. The van der Waals surface area contributed by atoms with Gasteiger partial charge in [-0.25, -0.2) is 22.0 Å². The van der Waals surface area contributed by atoms with Gasteiger partial charge < -0.3 is 0 Å². The lowest BCUT2D eigenvalue weighted by Gasteiger charge is -2.06. The molecule has 0 saturated carbocycles. The van der Waals surface area contributed by atoms with E-state index in [2.05, 4.69) is 0 Å². The van der Waals surface area contributed by atoms with E-state index in [1.807, 2.05) is 0 Å². The average molecular weight is 195 g/mol. The van der Waals surface area contributed by atoms with Gasteiger partial charge in [-0.15, -0.1) is 0 Å². The molecule has 0 heterocycles. The number of hydrogen-bond donors (Lipinski definition) is 0. The van der Waals surface area contributed by atoms with Crippen LogP contribution in [-0.2, 0) is 0 Å². The zero-order chi connectivity index (χ0) is 10.0. The van der Waals surface area contributed by atoms with Gasteiger partial charge in [0.25, 0.3) is 6.43 Å². The van der Waals surface area contributed by atoms with Crippen molar-refractivity contribution >= 4 is 0 Å². The van der Waals surface area contributed by atoms with Crippen LogP contribution in [0.4, 0.5) is 22.0 Å². The van der Waals surface area contributed by atoms with Crippen LogP contribution in [0.25, 0.3) is 0 Å². The Morgan fingerprint density at radius 3 is 2.31 bits per heavy atom. The van der Waals surface area contributed by atoms with E-state index >= 15 is 0 Å². The van der Waals surface area contributed by atoms with Gasteiger partial charge >= 0.3 is 0 Å². The molecule has 5 heteroatoms. The minimum atomic E-state index is -3.43. The number of halogens is 5. The lowest BCUT2D eigenvalue weighted by molar-refractivity contribution is 0.125. The lowest BCUT2D eigenvalue weighted by Crippen LogP contribution is -2.07. The van der Waals surface area contributed by atoms with Crippen molar-refractivity contribution in [3.63, 3.8) is 0 Å². The Balaban J connectivity index is 3.07. The van der Waals surface area contributed by atoms with E-state index in [0.717, 1.165) is 18.2 Å². The van der Waals surface area contributed by atoms with Crippen molar-refractivity contribution in [3.8, 4) is 0 Å². The second-order valence-electron chi connectivity index (χ2n) is 2.25. The van der Waals surface area contributed by atoms with Crippen LogP contribution in [0.2, 0.25) is 0 Å². The van der Waals surface area contributed by atoms with Gasteiger partial charge in [-0.1, -0.05) is 12.1 Å². The Hall–Kier alpha value is -1.13. The standard InChI is InChI=1S/C8H4F5/c9-5-3-1-2-4(6(5)10)7(11)8(12)13/h1-3,8H. The first kappa shape index (κ1) is 9.95. The summed E-state index contributed by atoms with van der Waals surface area (Å²) in [5.41, 5.74) is -1.03. The molecule has 13 heavy (non-hydrogen) atoms. The van der Waals surface area contributed by atoms with Gasteiger partial charge in [0.05, 0.1) is 0 Å². The molecule has 0 bridgehead atoms. The van der Waals surface area contributed by atoms with Crippen LogP contribution in [0.3, 0.4) is 0 Å². The fourth-order valence-electron chi connectivity index (χ4n) is 0.806. The molecule has 0 aliphatic rings. The van der Waals surface area contributed by atoms with E-state index < -0.39 is 29.8 Å². The maximum Gasteiger partial charge on any atom is 0.280 e. The molecule has 0 atom stereocenters. The molecule has 0 nitrogen and oxygen atoms in total. The number of hydrogen-bond acceptors (Lipinski definition) is 0. The van der Waals surface area contributed by atoms with E-state index in [4.69, 9.17) is 0 Å². The fraction of sp³-hybridized carbons (Fsp3) is 0.125. The van der Waals surface area contributed by atoms with Gasteiger partial charge in [0, 0.05) is 5.56 Å². The molecular weight excluding hydrogens is 191 g/mol. The predicted molar refractivity (Wildman–Crippen MR) is 35.8 cm³/mol. The van der Waals surface area contributed by atoms with Crippen molar-refractivity contribution in [3.05, 3.63) is 41.6 Å². The first-order chi connectivity index (χ1) is 6.04. The van der Waals surface area contributed by atoms with E-state index in [9.17, 15) is 22.0 Å². The molecule has 1 radical (unpaired) electrons. The Bertz CT molecular complexity index is 297. The smallest absolute Gasteiger partial charge is 0.228 e. The van der Waals surface area contributed by atoms with E-state index in [0.29, 0.717) is 0 Å². The number of benzene rings is 1. The average Bonchev–Trinajstić information content (AvgIpc) is 2.08. The normalized spacial score (nSPS) is 11.3. The molecule has 1 aromatic rings. The third-order valence-electron chi connectivity index (χ3n) is 1.40. The fourth-order valence-corrected chi connectivity index (χ4v) is 0.806. The van der Waals surface area contributed by atoms with Crippen molar-refractivity contribution in [1.29, 1.82) is 0 Å². The lowest BCUT2D eigenvalue weighted by atomic mass is 10.1. The zero-order valence-corrected chi connectivity index (χ0v) is 6.20. The van der Waals surface area contributed by atoms with Crippen LogP contribution in [0, 0.1) is 17.8 Å². The number of alkyl halides is 2. The van der Waals surface area contributed by atoms with Crippen molar-refractivity contribution < 1.29 is 22.0 Å². The minimum absolute atomic E-state index is 0.720. The molecule has 0 spiro atoms.